The number of carbonyl (C=O) groups is 1. The second-order valence-corrected chi connectivity index (χ2v) is 5.72. The van der Waals surface area contributed by atoms with Crippen LogP contribution in [-0.4, -0.2) is 34.9 Å². The van der Waals surface area contributed by atoms with Crippen molar-refractivity contribution in [2.45, 2.75) is 33.2 Å². The van der Waals surface area contributed by atoms with Crippen LogP contribution in [0.2, 0.25) is 0 Å². The number of hydrogen-bond acceptors (Lipinski definition) is 3. The number of amides is 1. The highest BCUT2D eigenvalue weighted by atomic mass is 32.1. The van der Waals surface area contributed by atoms with Crippen LogP contribution in [0.1, 0.15) is 25.8 Å². The molecule has 5 heteroatoms. The molecule has 3 N–H and O–H groups in total. The molecule has 1 aromatic rings. The Bertz CT molecular complexity index is 474. The van der Waals surface area contributed by atoms with Crippen molar-refractivity contribution in [1.29, 1.82) is 0 Å². The van der Waals surface area contributed by atoms with Crippen molar-refractivity contribution in [3.05, 3.63) is 29.8 Å². The molecule has 4 nitrogen and oxygen atoms in total. The third-order valence-electron chi connectivity index (χ3n) is 3.02. The first-order chi connectivity index (χ1) is 9.38. The summed E-state index contributed by atoms with van der Waals surface area (Å²) in [6.07, 6.45) is 0.630. The number of anilines is 1. The summed E-state index contributed by atoms with van der Waals surface area (Å²) in [5, 5.41) is 2.91. The Balaban J connectivity index is 2.55. The van der Waals surface area contributed by atoms with Crippen LogP contribution in [0.4, 0.5) is 5.69 Å². The molecule has 20 heavy (non-hydrogen) atoms. The zero-order chi connectivity index (χ0) is 15.1. The molecular formula is C15H23N3OS. The summed E-state index contributed by atoms with van der Waals surface area (Å²) in [6, 6.07) is 8.04. The average Bonchev–Trinajstić information content (AvgIpc) is 2.33. The van der Waals surface area contributed by atoms with Gasteiger partial charge in [0, 0.05) is 24.7 Å². The largest absolute Gasteiger partial charge is 0.393 e. The zero-order valence-corrected chi connectivity index (χ0v) is 13.2. The van der Waals surface area contributed by atoms with Gasteiger partial charge in [0.2, 0.25) is 5.91 Å². The number of rotatable bonds is 7. The van der Waals surface area contributed by atoms with Crippen molar-refractivity contribution < 1.29 is 4.79 Å². The Morgan fingerprint density at radius 3 is 2.70 bits per heavy atom. The van der Waals surface area contributed by atoms with Gasteiger partial charge in [-0.2, -0.15) is 0 Å². The predicted octanol–water partition coefficient (Wildman–Crippen LogP) is 2.32. The van der Waals surface area contributed by atoms with E-state index in [-0.39, 0.29) is 11.9 Å². The quantitative estimate of drug-likeness (QED) is 0.758. The first-order valence-corrected chi connectivity index (χ1v) is 7.18. The number of hydrogen-bond donors (Lipinski definition) is 2. The van der Waals surface area contributed by atoms with Crippen molar-refractivity contribution in [3.63, 3.8) is 0 Å². The average molecular weight is 293 g/mol. The van der Waals surface area contributed by atoms with Crippen LogP contribution >= 0.6 is 12.2 Å². The van der Waals surface area contributed by atoms with Gasteiger partial charge in [0.25, 0.3) is 0 Å². The lowest BCUT2D eigenvalue weighted by Crippen LogP contribution is -2.39. The summed E-state index contributed by atoms with van der Waals surface area (Å²) in [7, 11) is 0. The van der Waals surface area contributed by atoms with E-state index in [9.17, 15) is 4.79 Å². The molecule has 0 radical (unpaired) electrons. The fraction of sp³-hybridized carbons (Fsp3) is 0.467. The smallest absolute Gasteiger partial charge is 0.238 e. The van der Waals surface area contributed by atoms with E-state index in [1.807, 2.05) is 31.2 Å². The molecule has 110 valence electrons. The van der Waals surface area contributed by atoms with E-state index in [4.69, 9.17) is 18.0 Å². The van der Waals surface area contributed by atoms with Gasteiger partial charge in [-0.3, -0.25) is 9.69 Å². The van der Waals surface area contributed by atoms with Crippen molar-refractivity contribution in [3.8, 4) is 0 Å². The second kappa shape index (κ2) is 7.97. The van der Waals surface area contributed by atoms with E-state index < -0.39 is 0 Å². The SMILES string of the molecule is Cc1cccc(NC(=O)CN(CCC(N)=S)C(C)C)c1. The minimum Gasteiger partial charge on any atom is -0.393 e. The fourth-order valence-corrected chi connectivity index (χ4v) is 1.97. The van der Waals surface area contributed by atoms with Gasteiger partial charge in [-0.1, -0.05) is 24.4 Å². The molecule has 0 atom stereocenters. The number of aryl methyl sites for hydroxylation is 1. The Morgan fingerprint density at radius 2 is 2.15 bits per heavy atom. The first kappa shape index (κ1) is 16.6. The van der Waals surface area contributed by atoms with Crippen LogP contribution in [-0.2, 0) is 4.79 Å². The topological polar surface area (TPSA) is 58.4 Å². The van der Waals surface area contributed by atoms with Gasteiger partial charge in [0.15, 0.2) is 0 Å². The summed E-state index contributed by atoms with van der Waals surface area (Å²) < 4.78 is 0. The molecule has 1 rings (SSSR count). The summed E-state index contributed by atoms with van der Waals surface area (Å²) in [6.45, 7) is 7.15. The number of thiocarbonyl (C=S) groups is 1. The Kier molecular flexibility index (Phi) is 6.61. The van der Waals surface area contributed by atoms with Crippen LogP contribution < -0.4 is 11.1 Å². The van der Waals surface area contributed by atoms with Crippen LogP contribution in [0.5, 0.6) is 0 Å². The maximum absolute atomic E-state index is 12.1. The molecule has 0 aliphatic heterocycles. The summed E-state index contributed by atoms with van der Waals surface area (Å²) in [5.74, 6) is -0.0211. The predicted molar refractivity (Wildman–Crippen MR) is 87.9 cm³/mol. The Hall–Kier alpha value is -1.46. The lowest BCUT2D eigenvalue weighted by molar-refractivity contribution is -0.117. The van der Waals surface area contributed by atoms with Crippen LogP contribution in [0.15, 0.2) is 24.3 Å². The van der Waals surface area contributed by atoms with E-state index in [0.29, 0.717) is 24.5 Å². The third-order valence-corrected chi connectivity index (χ3v) is 3.23. The molecule has 0 aliphatic carbocycles. The van der Waals surface area contributed by atoms with Gasteiger partial charge in [0.1, 0.15) is 0 Å². The van der Waals surface area contributed by atoms with Gasteiger partial charge < -0.3 is 11.1 Å². The summed E-state index contributed by atoms with van der Waals surface area (Å²) >= 11 is 4.88. The van der Waals surface area contributed by atoms with Gasteiger partial charge >= 0.3 is 0 Å². The van der Waals surface area contributed by atoms with Crippen molar-refractivity contribution >= 4 is 28.8 Å². The Morgan fingerprint density at radius 1 is 1.45 bits per heavy atom. The lowest BCUT2D eigenvalue weighted by Gasteiger charge is -2.25. The van der Waals surface area contributed by atoms with E-state index >= 15 is 0 Å². The highest BCUT2D eigenvalue weighted by Gasteiger charge is 2.14. The van der Waals surface area contributed by atoms with Gasteiger partial charge in [-0.25, -0.2) is 0 Å². The minimum absolute atomic E-state index is 0.0211. The molecule has 0 bridgehead atoms. The number of benzene rings is 1. The van der Waals surface area contributed by atoms with Crippen molar-refractivity contribution in [2.24, 2.45) is 5.73 Å². The molecule has 1 aromatic carbocycles. The van der Waals surface area contributed by atoms with E-state index in [2.05, 4.69) is 24.1 Å². The first-order valence-electron chi connectivity index (χ1n) is 6.77. The summed E-state index contributed by atoms with van der Waals surface area (Å²) in [5.41, 5.74) is 7.47. The second-order valence-electron chi connectivity index (χ2n) is 5.20. The van der Waals surface area contributed by atoms with Crippen LogP contribution in [0.25, 0.3) is 0 Å². The number of nitrogens with two attached hydrogens (primary N) is 1. The van der Waals surface area contributed by atoms with Gasteiger partial charge in [0.05, 0.1) is 11.5 Å². The van der Waals surface area contributed by atoms with E-state index in [0.717, 1.165) is 11.3 Å². The molecule has 0 saturated carbocycles. The van der Waals surface area contributed by atoms with Crippen LogP contribution in [0.3, 0.4) is 0 Å². The van der Waals surface area contributed by atoms with Crippen LogP contribution in [0, 0.1) is 6.92 Å². The standard InChI is InChI=1S/C15H23N3OS/c1-11(2)18(8-7-14(16)20)10-15(19)17-13-6-4-5-12(3)9-13/h4-6,9,11H,7-8,10H2,1-3H3,(H2,16,20)(H,17,19). The number of nitrogens with zero attached hydrogens (tertiary/aromatic N) is 1. The highest BCUT2D eigenvalue weighted by molar-refractivity contribution is 7.80. The molecule has 0 unspecified atom stereocenters. The monoisotopic (exact) mass is 293 g/mol. The molecule has 0 fully saturated rings. The van der Waals surface area contributed by atoms with E-state index in [1.54, 1.807) is 0 Å². The minimum atomic E-state index is -0.0211. The van der Waals surface area contributed by atoms with E-state index in [1.165, 1.54) is 0 Å². The number of nitrogens with one attached hydrogen (secondary N) is 1. The molecule has 0 saturated heterocycles. The fourth-order valence-electron chi connectivity index (χ4n) is 1.88. The number of carbonyl (C=O) groups excluding carboxylic acids is 1. The maximum atomic E-state index is 12.1. The molecule has 0 aromatic heterocycles. The molecule has 0 aliphatic rings. The Labute approximate surface area is 126 Å². The molecular weight excluding hydrogens is 270 g/mol. The molecule has 0 spiro atoms. The molecule has 1 amide bonds. The van der Waals surface area contributed by atoms with Crippen molar-refractivity contribution in [2.75, 3.05) is 18.4 Å². The maximum Gasteiger partial charge on any atom is 0.238 e. The highest BCUT2D eigenvalue weighted by Crippen LogP contribution is 2.10. The summed E-state index contributed by atoms with van der Waals surface area (Å²) in [4.78, 5) is 14.6. The van der Waals surface area contributed by atoms with Crippen molar-refractivity contribution in [1.82, 2.24) is 4.90 Å². The zero-order valence-electron chi connectivity index (χ0n) is 12.3. The van der Waals surface area contributed by atoms with Gasteiger partial charge in [-0.05, 0) is 38.5 Å². The normalized spacial score (nSPS) is 10.8. The molecule has 0 heterocycles. The van der Waals surface area contributed by atoms with Gasteiger partial charge in [-0.15, -0.1) is 0 Å². The lowest BCUT2D eigenvalue weighted by atomic mass is 10.2. The third kappa shape index (κ3) is 6.12.